The minimum atomic E-state index is -0.453. The SMILES string of the molecule is CCCC(N)C(=O)N1CCOC(c2cccc(F)c2)C1. The molecule has 1 aromatic rings. The van der Waals surface area contributed by atoms with Gasteiger partial charge in [-0.1, -0.05) is 25.5 Å². The van der Waals surface area contributed by atoms with Crippen LogP contribution in [0.25, 0.3) is 0 Å². The number of morpholine rings is 1. The Balaban J connectivity index is 2.03. The van der Waals surface area contributed by atoms with Gasteiger partial charge < -0.3 is 15.4 Å². The average molecular weight is 280 g/mol. The Morgan fingerprint density at radius 1 is 1.60 bits per heavy atom. The van der Waals surface area contributed by atoms with Crippen molar-refractivity contribution in [2.75, 3.05) is 19.7 Å². The molecule has 2 rings (SSSR count). The van der Waals surface area contributed by atoms with E-state index in [1.807, 2.05) is 13.0 Å². The molecule has 1 amide bonds. The van der Waals surface area contributed by atoms with Gasteiger partial charge in [0.25, 0.3) is 0 Å². The van der Waals surface area contributed by atoms with E-state index < -0.39 is 6.04 Å². The number of rotatable bonds is 4. The number of benzene rings is 1. The summed E-state index contributed by atoms with van der Waals surface area (Å²) in [5.41, 5.74) is 6.63. The van der Waals surface area contributed by atoms with Crippen LogP contribution in [0.2, 0.25) is 0 Å². The second-order valence-electron chi connectivity index (χ2n) is 5.09. The molecule has 1 heterocycles. The van der Waals surface area contributed by atoms with Gasteiger partial charge in [-0.15, -0.1) is 0 Å². The van der Waals surface area contributed by atoms with Gasteiger partial charge >= 0.3 is 0 Å². The van der Waals surface area contributed by atoms with Crippen LogP contribution < -0.4 is 5.73 Å². The van der Waals surface area contributed by atoms with Gasteiger partial charge in [-0.25, -0.2) is 4.39 Å². The molecule has 110 valence electrons. The first kappa shape index (κ1) is 14.9. The summed E-state index contributed by atoms with van der Waals surface area (Å²) in [7, 11) is 0. The number of halogens is 1. The Bertz CT molecular complexity index is 467. The van der Waals surface area contributed by atoms with Crippen LogP contribution in [0, 0.1) is 5.82 Å². The summed E-state index contributed by atoms with van der Waals surface area (Å²) < 4.78 is 18.9. The number of carbonyl (C=O) groups excluding carboxylic acids is 1. The van der Waals surface area contributed by atoms with Crippen molar-refractivity contribution in [3.63, 3.8) is 0 Å². The molecule has 2 unspecified atom stereocenters. The minimum Gasteiger partial charge on any atom is -0.370 e. The van der Waals surface area contributed by atoms with Crippen molar-refractivity contribution in [1.29, 1.82) is 0 Å². The molecule has 0 aromatic heterocycles. The molecule has 1 aliphatic rings. The van der Waals surface area contributed by atoms with Crippen molar-refractivity contribution >= 4 is 5.91 Å². The lowest BCUT2D eigenvalue weighted by Gasteiger charge is -2.34. The zero-order chi connectivity index (χ0) is 14.5. The van der Waals surface area contributed by atoms with E-state index in [0.29, 0.717) is 26.1 Å². The normalized spacial score (nSPS) is 20.8. The highest BCUT2D eigenvalue weighted by atomic mass is 19.1. The Morgan fingerprint density at radius 3 is 3.10 bits per heavy atom. The Kier molecular flexibility index (Phi) is 5.09. The average Bonchev–Trinajstić information content (AvgIpc) is 2.47. The summed E-state index contributed by atoms with van der Waals surface area (Å²) in [6, 6.07) is 5.86. The molecule has 2 atom stereocenters. The topological polar surface area (TPSA) is 55.6 Å². The third-order valence-corrected chi connectivity index (χ3v) is 3.52. The van der Waals surface area contributed by atoms with Gasteiger partial charge in [0, 0.05) is 6.54 Å². The van der Waals surface area contributed by atoms with Gasteiger partial charge in [-0.05, 0) is 24.1 Å². The summed E-state index contributed by atoms with van der Waals surface area (Å²) in [5, 5.41) is 0. The molecule has 0 saturated carbocycles. The van der Waals surface area contributed by atoms with E-state index in [9.17, 15) is 9.18 Å². The first-order valence-corrected chi connectivity index (χ1v) is 7.03. The molecule has 2 N–H and O–H groups in total. The molecule has 20 heavy (non-hydrogen) atoms. The summed E-state index contributed by atoms with van der Waals surface area (Å²) in [6.45, 7) is 3.43. The van der Waals surface area contributed by atoms with E-state index in [0.717, 1.165) is 12.0 Å². The van der Waals surface area contributed by atoms with Crippen molar-refractivity contribution in [2.45, 2.75) is 31.9 Å². The van der Waals surface area contributed by atoms with E-state index in [1.165, 1.54) is 12.1 Å². The molecule has 4 nitrogen and oxygen atoms in total. The molecule has 0 spiro atoms. The van der Waals surface area contributed by atoms with Crippen LogP contribution in [0.4, 0.5) is 4.39 Å². The number of hydrogen-bond donors (Lipinski definition) is 1. The maximum Gasteiger partial charge on any atom is 0.239 e. The predicted octanol–water partition coefficient (Wildman–Crippen LogP) is 1.85. The van der Waals surface area contributed by atoms with Gasteiger partial charge in [-0.2, -0.15) is 0 Å². The molecule has 1 aromatic carbocycles. The lowest BCUT2D eigenvalue weighted by molar-refractivity contribution is -0.140. The monoisotopic (exact) mass is 280 g/mol. The maximum absolute atomic E-state index is 13.3. The molecule has 1 saturated heterocycles. The lowest BCUT2D eigenvalue weighted by atomic mass is 10.1. The number of carbonyl (C=O) groups is 1. The number of ether oxygens (including phenoxy) is 1. The number of nitrogens with two attached hydrogens (primary N) is 1. The molecular formula is C15H21FN2O2. The smallest absolute Gasteiger partial charge is 0.239 e. The first-order chi connectivity index (χ1) is 9.61. The summed E-state index contributed by atoms with van der Waals surface area (Å²) in [4.78, 5) is 13.9. The van der Waals surface area contributed by atoms with Crippen molar-refractivity contribution in [3.05, 3.63) is 35.6 Å². The van der Waals surface area contributed by atoms with Crippen molar-refractivity contribution in [3.8, 4) is 0 Å². The zero-order valence-electron chi connectivity index (χ0n) is 11.7. The Morgan fingerprint density at radius 2 is 2.40 bits per heavy atom. The molecule has 0 radical (unpaired) electrons. The van der Waals surface area contributed by atoms with E-state index in [2.05, 4.69) is 0 Å². The molecule has 1 fully saturated rings. The largest absolute Gasteiger partial charge is 0.370 e. The van der Waals surface area contributed by atoms with Gasteiger partial charge in [0.1, 0.15) is 11.9 Å². The van der Waals surface area contributed by atoms with Gasteiger partial charge in [0.2, 0.25) is 5.91 Å². The second-order valence-corrected chi connectivity index (χ2v) is 5.09. The van der Waals surface area contributed by atoms with Gasteiger partial charge in [0.15, 0.2) is 0 Å². The molecule has 0 aliphatic carbocycles. The summed E-state index contributed by atoms with van der Waals surface area (Å²) in [6.07, 6.45) is 1.28. The summed E-state index contributed by atoms with van der Waals surface area (Å²) in [5.74, 6) is -0.339. The van der Waals surface area contributed by atoms with Crippen LogP contribution >= 0.6 is 0 Å². The van der Waals surface area contributed by atoms with E-state index in [1.54, 1.807) is 11.0 Å². The zero-order valence-corrected chi connectivity index (χ0v) is 11.7. The first-order valence-electron chi connectivity index (χ1n) is 7.03. The van der Waals surface area contributed by atoms with E-state index in [-0.39, 0.29) is 17.8 Å². The predicted molar refractivity (Wildman–Crippen MR) is 74.6 cm³/mol. The van der Waals surface area contributed by atoms with Crippen LogP contribution in [0.1, 0.15) is 31.4 Å². The third kappa shape index (κ3) is 3.55. The standard InChI is InChI=1S/C15H21FN2O2/c1-2-4-13(17)15(19)18-7-8-20-14(10-18)11-5-3-6-12(16)9-11/h3,5-6,9,13-14H,2,4,7-8,10,17H2,1H3. The number of amides is 1. The Labute approximate surface area is 118 Å². The van der Waals surface area contributed by atoms with Crippen molar-refractivity contribution in [1.82, 2.24) is 4.90 Å². The van der Waals surface area contributed by atoms with Crippen LogP contribution in [0.15, 0.2) is 24.3 Å². The molecule has 1 aliphatic heterocycles. The van der Waals surface area contributed by atoms with Gasteiger partial charge in [-0.3, -0.25) is 4.79 Å². The van der Waals surface area contributed by atoms with Crippen LogP contribution in [0.5, 0.6) is 0 Å². The van der Waals surface area contributed by atoms with Crippen LogP contribution in [-0.2, 0) is 9.53 Å². The fraction of sp³-hybridized carbons (Fsp3) is 0.533. The molecule has 5 heteroatoms. The quantitative estimate of drug-likeness (QED) is 0.915. The summed E-state index contributed by atoms with van der Waals surface area (Å²) >= 11 is 0. The highest BCUT2D eigenvalue weighted by Crippen LogP contribution is 2.23. The highest BCUT2D eigenvalue weighted by Gasteiger charge is 2.28. The van der Waals surface area contributed by atoms with Crippen molar-refractivity contribution < 1.29 is 13.9 Å². The minimum absolute atomic E-state index is 0.0449. The molecule has 0 bridgehead atoms. The van der Waals surface area contributed by atoms with Crippen LogP contribution in [-0.4, -0.2) is 36.5 Å². The number of hydrogen-bond acceptors (Lipinski definition) is 3. The lowest BCUT2D eigenvalue weighted by Crippen LogP contribution is -2.49. The fourth-order valence-corrected chi connectivity index (χ4v) is 2.43. The van der Waals surface area contributed by atoms with Gasteiger partial charge in [0.05, 0.1) is 19.2 Å². The molecular weight excluding hydrogens is 259 g/mol. The van der Waals surface area contributed by atoms with Crippen LogP contribution in [0.3, 0.4) is 0 Å². The Hall–Kier alpha value is -1.46. The highest BCUT2D eigenvalue weighted by molar-refractivity contribution is 5.81. The van der Waals surface area contributed by atoms with E-state index in [4.69, 9.17) is 10.5 Å². The fourth-order valence-electron chi connectivity index (χ4n) is 2.43. The number of nitrogens with zero attached hydrogens (tertiary/aromatic N) is 1. The maximum atomic E-state index is 13.3. The third-order valence-electron chi connectivity index (χ3n) is 3.52. The van der Waals surface area contributed by atoms with Crippen molar-refractivity contribution in [2.24, 2.45) is 5.73 Å². The second kappa shape index (κ2) is 6.81. The van der Waals surface area contributed by atoms with E-state index >= 15 is 0 Å².